The quantitative estimate of drug-likeness (QED) is 0.426. The zero-order valence-corrected chi connectivity index (χ0v) is 3.98. The summed E-state index contributed by atoms with van der Waals surface area (Å²) in [5.74, 6) is 0. The lowest BCUT2D eigenvalue weighted by atomic mass is 10.4. The van der Waals surface area contributed by atoms with Gasteiger partial charge in [0, 0.05) is 5.70 Å². The number of hydroxylamine groups is 1. The van der Waals surface area contributed by atoms with Crippen molar-refractivity contribution in [1.29, 1.82) is 0 Å². The van der Waals surface area contributed by atoms with Crippen LogP contribution in [0.4, 0.5) is 0 Å². The van der Waals surface area contributed by atoms with E-state index in [2.05, 4.69) is 5.48 Å². The lowest BCUT2D eigenvalue weighted by molar-refractivity contribution is 0.0591. The van der Waals surface area contributed by atoms with Crippen LogP contribution >= 0.6 is 0 Å². The predicted octanol–water partition coefficient (Wildman–Crippen LogP) is -0.636. The minimum absolute atomic E-state index is 0.589. The Labute approximate surface area is 42.1 Å². The monoisotopic (exact) mass is 100 g/mol. The van der Waals surface area contributed by atoms with Gasteiger partial charge >= 0.3 is 0 Å². The van der Waals surface area contributed by atoms with Crippen molar-refractivity contribution < 1.29 is 4.84 Å². The van der Waals surface area contributed by atoms with Gasteiger partial charge in [-0.05, 0) is 6.08 Å². The fourth-order valence-electron chi connectivity index (χ4n) is 0.414. The number of rotatable bonds is 0. The van der Waals surface area contributed by atoms with E-state index in [-0.39, 0.29) is 0 Å². The van der Waals surface area contributed by atoms with Gasteiger partial charge in [-0.15, -0.1) is 0 Å². The van der Waals surface area contributed by atoms with Crippen molar-refractivity contribution in [3.05, 3.63) is 11.8 Å². The first-order valence-corrected chi connectivity index (χ1v) is 2.19. The molecule has 40 valence electrons. The molecule has 0 saturated heterocycles. The highest BCUT2D eigenvalue weighted by Crippen LogP contribution is 1.86. The van der Waals surface area contributed by atoms with Crippen molar-refractivity contribution in [2.24, 2.45) is 5.73 Å². The number of hydrogen-bond donors (Lipinski definition) is 2. The largest absolute Gasteiger partial charge is 0.401 e. The molecule has 1 rings (SSSR count). The molecule has 0 spiro atoms. The Morgan fingerprint density at radius 1 is 1.86 bits per heavy atom. The molecule has 0 bridgehead atoms. The fourth-order valence-corrected chi connectivity index (χ4v) is 0.414. The first-order chi connectivity index (χ1) is 3.39. The van der Waals surface area contributed by atoms with Crippen LogP contribution in [0, 0.1) is 0 Å². The normalized spacial score (nSPS) is 21.4. The fraction of sp³-hybridized carbons (Fsp3) is 0.500. The summed E-state index contributed by atoms with van der Waals surface area (Å²) in [7, 11) is 0. The molecule has 1 heterocycles. The lowest BCUT2D eigenvalue weighted by Gasteiger charge is -2.08. The standard InChI is InChI=1S/C4H8N2O/c5-4-1-2-7-6-3-4/h1,6H,2-3,5H2. The SMILES string of the molecule is NC1=CCONC1. The second-order valence-corrected chi connectivity index (χ2v) is 1.41. The minimum Gasteiger partial charge on any atom is -0.401 e. The first kappa shape index (κ1) is 4.61. The van der Waals surface area contributed by atoms with Gasteiger partial charge in [0.1, 0.15) is 0 Å². The van der Waals surface area contributed by atoms with Crippen molar-refractivity contribution in [2.45, 2.75) is 0 Å². The second kappa shape index (κ2) is 1.95. The molecule has 0 aliphatic carbocycles. The molecule has 0 fully saturated rings. The van der Waals surface area contributed by atoms with Crippen LogP contribution in [0.2, 0.25) is 0 Å². The van der Waals surface area contributed by atoms with Crippen LogP contribution in [0.5, 0.6) is 0 Å². The molecule has 0 radical (unpaired) electrons. The summed E-state index contributed by atoms with van der Waals surface area (Å²) < 4.78 is 0. The number of nitrogens with one attached hydrogen (secondary N) is 1. The van der Waals surface area contributed by atoms with E-state index in [0.717, 1.165) is 5.70 Å². The van der Waals surface area contributed by atoms with Crippen LogP contribution in [-0.2, 0) is 4.84 Å². The molecule has 3 heteroatoms. The Balaban J connectivity index is 2.40. The molecule has 3 nitrogen and oxygen atoms in total. The van der Waals surface area contributed by atoms with Gasteiger partial charge in [-0.3, -0.25) is 4.84 Å². The van der Waals surface area contributed by atoms with E-state index < -0.39 is 0 Å². The van der Waals surface area contributed by atoms with Crippen LogP contribution in [0.25, 0.3) is 0 Å². The molecule has 0 aromatic heterocycles. The highest BCUT2D eigenvalue weighted by atomic mass is 16.6. The van der Waals surface area contributed by atoms with Gasteiger partial charge < -0.3 is 5.73 Å². The van der Waals surface area contributed by atoms with Gasteiger partial charge in [0.15, 0.2) is 0 Å². The maximum atomic E-state index is 5.35. The third-order valence-electron chi connectivity index (χ3n) is 0.807. The van der Waals surface area contributed by atoms with Crippen LogP contribution in [0.3, 0.4) is 0 Å². The highest BCUT2D eigenvalue weighted by molar-refractivity contribution is 4.99. The molecular formula is C4H8N2O. The highest BCUT2D eigenvalue weighted by Gasteiger charge is 1.94. The first-order valence-electron chi connectivity index (χ1n) is 2.19. The van der Waals surface area contributed by atoms with Gasteiger partial charge in [0.25, 0.3) is 0 Å². The summed E-state index contributed by atoms with van der Waals surface area (Å²) in [6.45, 7) is 1.24. The summed E-state index contributed by atoms with van der Waals surface area (Å²) in [4.78, 5) is 4.73. The molecule has 0 aromatic carbocycles. The average molecular weight is 100 g/mol. The van der Waals surface area contributed by atoms with Crippen LogP contribution in [-0.4, -0.2) is 13.2 Å². The molecule has 0 unspecified atom stereocenters. The van der Waals surface area contributed by atoms with E-state index in [9.17, 15) is 0 Å². The molecule has 0 saturated carbocycles. The van der Waals surface area contributed by atoms with Crippen LogP contribution in [0.1, 0.15) is 0 Å². The smallest absolute Gasteiger partial charge is 0.0883 e. The zero-order valence-electron chi connectivity index (χ0n) is 3.98. The van der Waals surface area contributed by atoms with Crippen molar-refractivity contribution in [1.82, 2.24) is 5.48 Å². The zero-order chi connectivity index (χ0) is 5.11. The molecule has 1 aliphatic heterocycles. The average Bonchev–Trinajstić information content (AvgIpc) is 1.69. The number of hydrogen-bond acceptors (Lipinski definition) is 3. The third kappa shape index (κ3) is 1.17. The molecule has 1 aliphatic rings. The molecule has 0 atom stereocenters. The minimum atomic E-state index is 0.589. The summed E-state index contributed by atoms with van der Waals surface area (Å²) in [5.41, 5.74) is 8.85. The van der Waals surface area contributed by atoms with Gasteiger partial charge in [-0.1, -0.05) is 0 Å². The van der Waals surface area contributed by atoms with Crippen molar-refractivity contribution >= 4 is 0 Å². The van der Waals surface area contributed by atoms with Crippen LogP contribution < -0.4 is 11.2 Å². The Kier molecular flexibility index (Phi) is 1.29. The molecule has 7 heavy (non-hydrogen) atoms. The van der Waals surface area contributed by atoms with Crippen molar-refractivity contribution in [2.75, 3.05) is 13.2 Å². The van der Waals surface area contributed by atoms with E-state index in [1.165, 1.54) is 0 Å². The lowest BCUT2D eigenvalue weighted by Crippen LogP contribution is -2.26. The Hall–Kier alpha value is -0.540. The third-order valence-corrected chi connectivity index (χ3v) is 0.807. The topological polar surface area (TPSA) is 47.3 Å². The Morgan fingerprint density at radius 3 is 3.00 bits per heavy atom. The molecule has 0 amide bonds. The summed E-state index contributed by atoms with van der Waals surface area (Å²) >= 11 is 0. The van der Waals surface area contributed by atoms with E-state index in [1.54, 1.807) is 0 Å². The van der Waals surface area contributed by atoms with Gasteiger partial charge in [0.2, 0.25) is 0 Å². The predicted molar refractivity (Wildman–Crippen MR) is 26.2 cm³/mol. The van der Waals surface area contributed by atoms with Gasteiger partial charge in [-0.25, -0.2) is 0 Å². The summed E-state index contributed by atoms with van der Waals surface area (Å²) in [6, 6.07) is 0. The Bertz CT molecular complexity index is 89.7. The molecular weight excluding hydrogens is 92.1 g/mol. The maximum absolute atomic E-state index is 5.35. The summed E-state index contributed by atoms with van der Waals surface area (Å²) in [5, 5.41) is 0. The van der Waals surface area contributed by atoms with Crippen molar-refractivity contribution in [3.63, 3.8) is 0 Å². The number of nitrogens with two attached hydrogens (primary N) is 1. The van der Waals surface area contributed by atoms with E-state index in [1.807, 2.05) is 6.08 Å². The van der Waals surface area contributed by atoms with Gasteiger partial charge in [-0.2, -0.15) is 5.48 Å². The van der Waals surface area contributed by atoms with Crippen LogP contribution in [0.15, 0.2) is 11.8 Å². The second-order valence-electron chi connectivity index (χ2n) is 1.41. The Morgan fingerprint density at radius 2 is 2.71 bits per heavy atom. The maximum Gasteiger partial charge on any atom is 0.0883 e. The van der Waals surface area contributed by atoms with Gasteiger partial charge in [0.05, 0.1) is 13.2 Å². The summed E-state index contributed by atoms with van der Waals surface area (Å²) in [6.07, 6.45) is 1.84. The van der Waals surface area contributed by atoms with E-state index in [4.69, 9.17) is 10.6 Å². The molecule has 3 N–H and O–H groups in total. The van der Waals surface area contributed by atoms with E-state index >= 15 is 0 Å². The molecule has 0 aromatic rings. The van der Waals surface area contributed by atoms with Crippen molar-refractivity contribution in [3.8, 4) is 0 Å². The van der Waals surface area contributed by atoms with E-state index in [0.29, 0.717) is 13.2 Å².